The van der Waals surface area contributed by atoms with Crippen molar-refractivity contribution in [1.82, 2.24) is 15.8 Å². The molecule has 0 aliphatic carbocycles. The third kappa shape index (κ3) is 3.38. The highest BCUT2D eigenvalue weighted by Gasteiger charge is 2.49. The Morgan fingerprint density at radius 2 is 1.85 bits per heavy atom. The standard InChI is InChI=1S/C18H15Cl2N3O3/c1-18(12-5-3-2-4-6-12)16(25)23(17(26)21-18)22-15(24)9-11-7-8-13(19)10-14(11)20/h2-8,10H,9H2,1H3,(H,21,26)(H,22,24). The number of carbonyl (C=O) groups excluding carboxylic acids is 3. The van der Waals surface area contributed by atoms with E-state index in [-0.39, 0.29) is 6.42 Å². The van der Waals surface area contributed by atoms with Gasteiger partial charge in [-0.3, -0.25) is 15.0 Å². The third-order valence-corrected chi connectivity index (χ3v) is 4.73. The van der Waals surface area contributed by atoms with Crippen molar-refractivity contribution in [2.45, 2.75) is 18.9 Å². The van der Waals surface area contributed by atoms with E-state index in [1.165, 1.54) is 6.07 Å². The van der Waals surface area contributed by atoms with E-state index in [2.05, 4.69) is 10.7 Å². The van der Waals surface area contributed by atoms with Gasteiger partial charge in [0, 0.05) is 10.0 Å². The van der Waals surface area contributed by atoms with Gasteiger partial charge in [-0.05, 0) is 30.2 Å². The molecule has 2 N–H and O–H groups in total. The first-order valence-electron chi connectivity index (χ1n) is 7.77. The summed E-state index contributed by atoms with van der Waals surface area (Å²) >= 11 is 11.9. The maximum Gasteiger partial charge on any atom is 0.344 e. The van der Waals surface area contributed by atoms with E-state index in [9.17, 15) is 14.4 Å². The van der Waals surface area contributed by atoms with Gasteiger partial charge in [-0.25, -0.2) is 4.79 Å². The highest BCUT2D eigenvalue weighted by molar-refractivity contribution is 6.35. The monoisotopic (exact) mass is 391 g/mol. The van der Waals surface area contributed by atoms with Crippen LogP contribution < -0.4 is 10.7 Å². The molecule has 8 heteroatoms. The maximum absolute atomic E-state index is 12.7. The molecule has 1 fully saturated rings. The average Bonchev–Trinajstić information content (AvgIpc) is 2.82. The van der Waals surface area contributed by atoms with Gasteiger partial charge >= 0.3 is 6.03 Å². The molecule has 1 aliphatic rings. The summed E-state index contributed by atoms with van der Waals surface area (Å²) in [4.78, 5) is 37.2. The van der Waals surface area contributed by atoms with E-state index < -0.39 is 23.4 Å². The molecule has 134 valence electrons. The number of nitrogens with one attached hydrogen (secondary N) is 2. The number of carbonyl (C=O) groups is 3. The van der Waals surface area contributed by atoms with Crippen molar-refractivity contribution >= 4 is 41.0 Å². The zero-order valence-electron chi connectivity index (χ0n) is 13.8. The Bertz CT molecular complexity index is 889. The number of rotatable bonds is 4. The summed E-state index contributed by atoms with van der Waals surface area (Å²) in [6.07, 6.45) is -0.102. The lowest BCUT2D eigenvalue weighted by atomic mass is 9.92. The summed E-state index contributed by atoms with van der Waals surface area (Å²) < 4.78 is 0. The van der Waals surface area contributed by atoms with Gasteiger partial charge in [-0.2, -0.15) is 5.01 Å². The summed E-state index contributed by atoms with van der Waals surface area (Å²) in [7, 11) is 0. The van der Waals surface area contributed by atoms with E-state index in [1.54, 1.807) is 43.3 Å². The zero-order valence-corrected chi connectivity index (χ0v) is 15.3. The average molecular weight is 392 g/mol. The fraction of sp³-hybridized carbons (Fsp3) is 0.167. The normalized spacial score (nSPS) is 19.4. The van der Waals surface area contributed by atoms with Crippen molar-refractivity contribution in [3.8, 4) is 0 Å². The first kappa shape index (κ1) is 18.2. The minimum atomic E-state index is -1.25. The molecular weight excluding hydrogens is 377 g/mol. The number of urea groups is 1. The van der Waals surface area contributed by atoms with Gasteiger partial charge in [0.05, 0.1) is 6.42 Å². The van der Waals surface area contributed by atoms with Crippen LogP contribution in [0.4, 0.5) is 4.79 Å². The molecule has 0 spiro atoms. The number of imide groups is 1. The predicted molar refractivity (Wildman–Crippen MR) is 97.5 cm³/mol. The van der Waals surface area contributed by atoms with Crippen LogP contribution >= 0.6 is 23.2 Å². The second-order valence-corrected chi connectivity index (χ2v) is 6.85. The molecular formula is C18H15Cl2N3O3. The largest absolute Gasteiger partial charge is 0.344 e. The van der Waals surface area contributed by atoms with Crippen LogP contribution in [0, 0.1) is 0 Å². The molecule has 0 saturated carbocycles. The summed E-state index contributed by atoms with van der Waals surface area (Å²) in [6.45, 7) is 1.59. The van der Waals surface area contributed by atoms with E-state index in [0.717, 1.165) is 0 Å². The van der Waals surface area contributed by atoms with E-state index in [4.69, 9.17) is 23.2 Å². The van der Waals surface area contributed by atoms with Crippen LogP contribution in [0.1, 0.15) is 18.1 Å². The molecule has 1 heterocycles. The maximum atomic E-state index is 12.7. The number of benzene rings is 2. The fourth-order valence-corrected chi connectivity index (χ4v) is 3.19. The van der Waals surface area contributed by atoms with Crippen LogP contribution in [0.3, 0.4) is 0 Å². The van der Waals surface area contributed by atoms with Gasteiger partial charge in [0.15, 0.2) is 0 Å². The van der Waals surface area contributed by atoms with Crippen LogP contribution in [0.25, 0.3) is 0 Å². The Labute approximate surface area is 160 Å². The third-order valence-electron chi connectivity index (χ3n) is 4.14. The summed E-state index contributed by atoms with van der Waals surface area (Å²) in [6, 6.07) is 12.9. The molecule has 1 unspecified atom stereocenters. The number of hydrogen-bond acceptors (Lipinski definition) is 3. The molecule has 1 aliphatic heterocycles. The van der Waals surface area contributed by atoms with Crippen molar-refractivity contribution in [2.75, 3.05) is 0 Å². The molecule has 1 saturated heterocycles. The highest BCUT2D eigenvalue weighted by Crippen LogP contribution is 2.28. The van der Waals surface area contributed by atoms with Crippen LogP contribution in [0.2, 0.25) is 10.0 Å². The molecule has 2 aromatic rings. The van der Waals surface area contributed by atoms with Crippen molar-refractivity contribution in [3.63, 3.8) is 0 Å². The second kappa shape index (κ2) is 6.97. The second-order valence-electron chi connectivity index (χ2n) is 6.01. The van der Waals surface area contributed by atoms with Crippen molar-refractivity contribution in [2.24, 2.45) is 0 Å². The topological polar surface area (TPSA) is 78.5 Å². The molecule has 2 aromatic carbocycles. The molecule has 0 aromatic heterocycles. The Kier molecular flexibility index (Phi) is 4.89. The summed E-state index contributed by atoms with van der Waals surface area (Å²) in [5.41, 5.74) is 2.24. The predicted octanol–water partition coefficient (Wildman–Crippen LogP) is 3.03. The summed E-state index contributed by atoms with van der Waals surface area (Å²) in [5.74, 6) is -1.11. The molecule has 6 nitrogen and oxygen atoms in total. The number of hydrazine groups is 1. The summed E-state index contributed by atoms with van der Waals surface area (Å²) in [5, 5.41) is 4.09. The quantitative estimate of drug-likeness (QED) is 0.786. The smallest absolute Gasteiger partial charge is 0.318 e. The Morgan fingerprint density at radius 1 is 1.15 bits per heavy atom. The Morgan fingerprint density at radius 3 is 2.50 bits per heavy atom. The molecule has 1 atom stereocenters. The van der Waals surface area contributed by atoms with Gasteiger partial charge in [0.1, 0.15) is 5.54 Å². The lowest BCUT2D eigenvalue weighted by Gasteiger charge is -2.22. The van der Waals surface area contributed by atoms with Gasteiger partial charge < -0.3 is 5.32 Å². The zero-order chi connectivity index (χ0) is 18.9. The molecule has 3 rings (SSSR count). The fourth-order valence-electron chi connectivity index (χ4n) is 2.71. The van der Waals surface area contributed by atoms with Crippen LogP contribution in [0.15, 0.2) is 48.5 Å². The van der Waals surface area contributed by atoms with E-state index in [1.807, 2.05) is 6.07 Å². The highest BCUT2D eigenvalue weighted by atomic mass is 35.5. The van der Waals surface area contributed by atoms with Gasteiger partial charge in [-0.1, -0.05) is 59.6 Å². The first-order valence-corrected chi connectivity index (χ1v) is 8.52. The van der Waals surface area contributed by atoms with E-state index >= 15 is 0 Å². The SMILES string of the molecule is CC1(c2ccccc2)NC(=O)N(NC(=O)Cc2ccc(Cl)cc2Cl)C1=O. The Hall–Kier alpha value is -2.57. The van der Waals surface area contributed by atoms with Crippen molar-refractivity contribution < 1.29 is 14.4 Å². The lowest BCUT2D eigenvalue weighted by molar-refractivity contribution is -0.138. The number of nitrogens with zero attached hydrogens (tertiary/aromatic N) is 1. The van der Waals surface area contributed by atoms with Gasteiger partial charge in [-0.15, -0.1) is 0 Å². The van der Waals surface area contributed by atoms with Crippen molar-refractivity contribution in [1.29, 1.82) is 0 Å². The van der Waals surface area contributed by atoms with Gasteiger partial charge in [0.25, 0.3) is 5.91 Å². The van der Waals surface area contributed by atoms with Crippen LogP contribution in [-0.2, 0) is 21.5 Å². The molecule has 26 heavy (non-hydrogen) atoms. The first-order chi connectivity index (χ1) is 12.3. The minimum Gasteiger partial charge on any atom is -0.318 e. The minimum absolute atomic E-state index is 0.102. The van der Waals surface area contributed by atoms with Crippen LogP contribution in [-0.4, -0.2) is 22.9 Å². The van der Waals surface area contributed by atoms with Crippen LogP contribution in [0.5, 0.6) is 0 Å². The number of halogens is 2. The molecule has 0 radical (unpaired) electrons. The number of amides is 4. The lowest BCUT2D eigenvalue weighted by Crippen LogP contribution is -2.48. The van der Waals surface area contributed by atoms with Crippen molar-refractivity contribution in [3.05, 3.63) is 69.7 Å². The molecule has 4 amide bonds. The van der Waals surface area contributed by atoms with E-state index in [0.29, 0.717) is 26.2 Å². The Balaban J connectivity index is 1.74. The molecule has 0 bridgehead atoms. The van der Waals surface area contributed by atoms with Gasteiger partial charge in [0.2, 0.25) is 5.91 Å². The number of hydrogen-bond donors (Lipinski definition) is 2.